The molecule has 0 aliphatic carbocycles. The quantitative estimate of drug-likeness (QED) is 0.334. The summed E-state index contributed by atoms with van der Waals surface area (Å²) in [7, 11) is 0. The fourth-order valence-electron chi connectivity index (χ4n) is 1.71. The van der Waals surface area contributed by atoms with Crippen molar-refractivity contribution in [2.75, 3.05) is 0 Å². The lowest BCUT2D eigenvalue weighted by Crippen LogP contribution is -2.19. The van der Waals surface area contributed by atoms with Gasteiger partial charge in [-0.25, -0.2) is 0 Å². The van der Waals surface area contributed by atoms with Gasteiger partial charge in [0.25, 0.3) is 0 Å². The topological polar surface area (TPSA) is 70.6 Å². The molecule has 4 nitrogen and oxygen atoms in total. The zero-order valence-corrected chi connectivity index (χ0v) is 10.7. The molecule has 4 N–H and O–H groups in total. The van der Waals surface area contributed by atoms with E-state index in [2.05, 4.69) is 27.3 Å². The van der Waals surface area contributed by atoms with Gasteiger partial charge in [-0.3, -0.25) is 0 Å². The molecule has 18 heavy (non-hydrogen) atoms. The molecule has 5 heteroatoms. The van der Waals surface area contributed by atoms with E-state index in [1.54, 1.807) is 11.3 Å². The Balaban J connectivity index is 2.01. The normalized spacial score (nSPS) is 11.7. The van der Waals surface area contributed by atoms with E-state index in [-0.39, 0.29) is 5.84 Å². The van der Waals surface area contributed by atoms with Crippen molar-refractivity contribution in [3.63, 3.8) is 0 Å². The van der Waals surface area contributed by atoms with E-state index >= 15 is 0 Å². The van der Waals surface area contributed by atoms with Crippen LogP contribution in [0.25, 0.3) is 0 Å². The monoisotopic (exact) mass is 261 g/mol. The van der Waals surface area contributed by atoms with E-state index < -0.39 is 0 Å². The van der Waals surface area contributed by atoms with Gasteiger partial charge in [-0.2, -0.15) is 11.3 Å². The molecule has 0 fully saturated rings. The lowest BCUT2D eigenvalue weighted by atomic mass is 10.1. The fourth-order valence-corrected chi connectivity index (χ4v) is 2.38. The Morgan fingerprint density at radius 3 is 2.83 bits per heavy atom. The molecular formula is C13H15N3OS. The molecule has 0 radical (unpaired) electrons. The van der Waals surface area contributed by atoms with Gasteiger partial charge in [0, 0.05) is 18.7 Å². The molecule has 2 aromatic rings. The van der Waals surface area contributed by atoms with Gasteiger partial charge in [0.2, 0.25) is 0 Å². The number of oxime groups is 1. The number of benzene rings is 1. The van der Waals surface area contributed by atoms with Crippen LogP contribution in [0.3, 0.4) is 0 Å². The summed E-state index contributed by atoms with van der Waals surface area (Å²) in [6.07, 6.45) is 0. The molecule has 0 aliphatic rings. The molecule has 0 amide bonds. The summed E-state index contributed by atoms with van der Waals surface area (Å²) in [5.74, 6) is 0.142. The van der Waals surface area contributed by atoms with E-state index in [1.165, 1.54) is 5.56 Å². The second-order valence-electron chi connectivity index (χ2n) is 3.88. The van der Waals surface area contributed by atoms with Crippen LogP contribution < -0.4 is 11.1 Å². The lowest BCUT2D eigenvalue weighted by Gasteiger charge is -2.08. The molecule has 0 saturated heterocycles. The van der Waals surface area contributed by atoms with Crippen LogP contribution in [-0.4, -0.2) is 11.0 Å². The van der Waals surface area contributed by atoms with Crippen LogP contribution in [0.4, 0.5) is 0 Å². The highest BCUT2D eigenvalue weighted by Gasteiger charge is 2.05. The fraction of sp³-hybridized carbons (Fsp3) is 0.154. The van der Waals surface area contributed by atoms with Crippen LogP contribution in [0.2, 0.25) is 0 Å². The number of nitrogens with zero attached hydrogens (tertiary/aromatic N) is 1. The Bertz CT molecular complexity index is 523. The van der Waals surface area contributed by atoms with Crippen molar-refractivity contribution in [2.45, 2.75) is 13.1 Å². The van der Waals surface area contributed by atoms with Crippen molar-refractivity contribution in [1.29, 1.82) is 0 Å². The second kappa shape index (κ2) is 6.18. The first-order valence-electron chi connectivity index (χ1n) is 5.59. The van der Waals surface area contributed by atoms with Crippen molar-refractivity contribution in [3.05, 3.63) is 57.8 Å². The number of amidine groups is 1. The van der Waals surface area contributed by atoms with Gasteiger partial charge >= 0.3 is 0 Å². The highest BCUT2D eigenvalue weighted by molar-refractivity contribution is 7.07. The number of hydrogen-bond acceptors (Lipinski definition) is 4. The summed E-state index contributed by atoms with van der Waals surface area (Å²) in [4.78, 5) is 0. The van der Waals surface area contributed by atoms with E-state index in [4.69, 9.17) is 10.9 Å². The zero-order valence-electron chi connectivity index (χ0n) is 9.84. The van der Waals surface area contributed by atoms with Crippen LogP contribution in [0.15, 0.2) is 46.2 Å². The molecule has 0 aliphatic heterocycles. The van der Waals surface area contributed by atoms with Crippen LogP contribution in [0, 0.1) is 0 Å². The summed E-state index contributed by atoms with van der Waals surface area (Å²) < 4.78 is 0. The molecule has 0 saturated carbocycles. The highest BCUT2D eigenvalue weighted by Crippen LogP contribution is 2.09. The number of thiophene rings is 1. The van der Waals surface area contributed by atoms with Crippen LogP contribution in [0.1, 0.15) is 16.7 Å². The van der Waals surface area contributed by atoms with Gasteiger partial charge in [0.05, 0.1) is 0 Å². The first-order valence-corrected chi connectivity index (χ1v) is 6.53. The van der Waals surface area contributed by atoms with Crippen molar-refractivity contribution < 1.29 is 5.21 Å². The molecule has 2 rings (SSSR count). The molecular weight excluding hydrogens is 246 g/mol. The SMILES string of the molecule is NC(=NO)c1ccccc1CNCc1ccsc1. The molecule has 1 aromatic heterocycles. The van der Waals surface area contributed by atoms with E-state index in [0.29, 0.717) is 6.54 Å². The van der Waals surface area contributed by atoms with Gasteiger partial charge in [-0.05, 0) is 28.0 Å². The maximum absolute atomic E-state index is 8.73. The molecule has 0 atom stereocenters. The molecule has 1 aromatic carbocycles. The highest BCUT2D eigenvalue weighted by atomic mass is 32.1. The van der Waals surface area contributed by atoms with Gasteiger partial charge in [-0.1, -0.05) is 29.4 Å². The molecule has 0 bridgehead atoms. The van der Waals surface area contributed by atoms with Crippen molar-refractivity contribution >= 4 is 17.2 Å². The smallest absolute Gasteiger partial charge is 0.170 e. The third kappa shape index (κ3) is 3.09. The minimum atomic E-state index is 0.142. The standard InChI is InChI=1S/C13H15N3OS/c14-13(16-17)12-4-2-1-3-11(12)8-15-7-10-5-6-18-9-10/h1-6,9,15,17H,7-8H2,(H2,14,16). The molecule has 0 unspecified atom stereocenters. The Morgan fingerprint density at radius 2 is 2.11 bits per heavy atom. The Kier molecular flexibility index (Phi) is 4.33. The average Bonchev–Trinajstić information content (AvgIpc) is 2.92. The Morgan fingerprint density at radius 1 is 1.28 bits per heavy atom. The predicted octanol–water partition coefficient (Wildman–Crippen LogP) is 2.13. The van der Waals surface area contributed by atoms with Gasteiger partial charge in [-0.15, -0.1) is 0 Å². The molecule has 0 spiro atoms. The van der Waals surface area contributed by atoms with Crippen molar-refractivity contribution in [3.8, 4) is 0 Å². The Labute approximate surface area is 110 Å². The minimum absolute atomic E-state index is 0.142. The summed E-state index contributed by atoms with van der Waals surface area (Å²) in [5.41, 5.74) is 8.68. The van der Waals surface area contributed by atoms with E-state index in [0.717, 1.165) is 17.7 Å². The largest absolute Gasteiger partial charge is 0.409 e. The van der Waals surface area contributed by atoms with Gasteiger partial charge < -0.3 is 16.3 Å². The maximum Gasteiger partial charge on any atom is 0.170 e. The number of nitrogens with one attached hydrogen (secondary N) is 1. The third-order valence-corrected chi connectivity index (χ3v) is 3.36. The number of hydrogen-bond donors (Lipinski definition) is 3. The van der Waals surface area contributed by atoms with E-state index in [1.807, 2.05) is 24.3 Å². The predicted molar refractivity (Wildman–Crippen MR) is 73.8 cm³/mol. The van der Waals surface area contributed by atoms with Gasteiger partial charge in [0.15, 0.2) is 5.84 Å². The number of nitrogens with two attached hydrogens (primary N) is 1. The summed E-state index contributed by atoms with van der Waals surface area (Å²) in [6.45, 7) is 1.50. The lowest BCUT2D eigenvalue weighted by molar-refractivity contribution is 0.318. The third-order valence-electron chi connectivity index (χ3n) is 2.63. The van der Waals surface area contributed by atoms with Crippen LogP contribution in [0.5, 0.6) is 0 Å². The van der Waals surface area contributed by atoms with Crippen LogP contribution >= 0.6 is 11.3 Å². The van der Waals surface area contributed by atoms with Crippen molar-refractivity contribution in [1.82, 2.24) is 5.32 Å². The zero-order chi connectivity index (χ0) is 12.8. The Hall–Kier alpha value is -1.85. The second-order valence-corrected chi connectivity index (χ2v) is 4.66. The maximum atomic E-state index is 8.73. The first-order chi connectivity index (χ1) is 8.81. The van der Waals surface area contributed by atoms with Gasteiger partial charge in [0.1, 0.15) is 0 Å². The first kappa shape index (κ1) is 12.6. The summed E-state index contributed by atoms with van der Waals surface area (Å²) >= 11 is 1.69. The van der Waals surface area contributed by atoms with Crippen molar-refractivity contribution in [2.24, 2.45) is 10.9 Å². The van der Waals surface area contributed by atoms with E-state index in [9.17, 15) is 0 Å². The summed E-state index contributed by atoms with van der Waals surface area (Å²) in [5, 5.41) is 19.3. The molecule has 94 valence electrons. The molecule has 1 heterocycles. The minimum Gasteiger partial charge on any atom is -0.409 e. The number of rotatable bonds is 5. The summed E-state index contributed by atoms with van der Waals surface area (Å²) in [6, 6.07) is 9.71. The average molecular weight is 261 g/mol. The van der Waals surface area contributed by atoms with Crippen LogP contribution in [-0.2, 0) is 13.1 Å².